The smallest absolute Gasteiger partial charge is 0.369 e. The van der Waals surface area contributed by atoms with Crippen molar-refractivity contribution in [2.75, 3.05) is 0 Å². The van der Waals surface area contributed by atoms with Crippen LogP contribution in [-0.2, 0) is 5.60 Å². The van der Waals surface area contributed by atoms with Gasteiger partial charge in [0.1, 0.15) is 5.82 Å². The molecule has 186 valence electrons. The molecular weight excluding hydrogens is 477 g/mol. The van der Waals surface area contributed by atoms with Gasteiger partial charge in [0, 0.05) is 17.5 Å². The fraction of sp³-hybridized carbons (Fsp3) is 0.269. The second-order valence-corrected chi connectivity index (χ2v) is 8.45. The zero-order valence-electron chi connectivity index (χ0n) is 18.6. The van der Waals surface area contributed by atoms with Gasteiger partial charge >= 0.3 is 12.4 Å². The van der Waals surface area contributed by atoms with Gasteiger partial charge in [-0.15, -0.1) is 0 Å². The largest absolute Gasteiger partial charge is 0.430 e. The minimum Gasteiger partial charge on any atom is -0.369 e. The molecule has 0 unspecified atom stereocenters. The van der Waals surface area contributed by atoms with E-state index in [-0.39, 0.29) is 17.5 Å². The van der Waals surface area contributed by atoms with E-state index in [0.717, 1.165) is 5.56 Å². The van der Waals surface area contributed by atoms with E-state index in [9.17, 15) is 40.6 Å². The van der Waals surface area contributed by atoms with E-state index in [1.165, 1.54) is 42.5 Å². The molecule has 0 radical (unpaired) electrons. The van der Waals surface area contributed by atoms with Crippen LogP contribution in [0, 0.1) is 12.7 Å². The van der Waals surface area contributed by atoms with Gasteiger partial charge in [0.05, 0.1) is 0 Å². The van der Waals surface area contributed by atoms with E-state index < -0.39 is 46.6 Å². The van der Waals surface area contributed by atoms with Gasteiger partial charge in [-0.2, -0.15) is 26.3 Å². The number of aryl methyl sites for hydroxylation is 1. The fourth-order valence-corrected chi connectivity index (χ4v) is 3.70. The lowest BCUT2D eigenvalue weighted by Gasteiger charge is -2.33. The third-order valence-electron chi connectivity index (χ3n) is 5.81. The monoisotopic (exact) mass is 498 g/mol. The summed E-state index contributed by atoms with van der Waals surface area (Å²) in [5.41, 5.74) is -5.56. The van der Waals surface area contributed by atoms with Gasteiger partial charge in [-0.25, -0.2) is 4.39 Å². The number of carbonyl (C=O) groups is 1. The molecular formula is C26H21F7O2. The molecule has 0 aliphatic rings. The highest BCUT2D eigenvalue weighted by molar-refractivity contribution is 5.98. The van der Waals surface area contributed by atoms with Gasteiger partial charge in [-0.3, -0.25) is 4.79 Å². The third-order valence-corrected chi connectivity index (χ3v) is 5.81. The van der Waals surface area contributed by atoms with Crippen LogP contribution < -0.4 is 0 Å². The summed E-state index contributed by atoms with van der Waals surface area (Å²) < 4.78 is 94.7. The molecule has 0 bridgehead atoms. The maximum absolute atomic E-state index is 13.6. The van der Waals surface area contributed by atoms with Gasteiger partial charge in [0.15, 0.2) is 5.78 Å². The Bertz CT molecular complexity index is 1180. The van der Waals surface area contributed by atoms with E-state index in [2.05, 4.69) is 0 Å². The Morgan fingerprint density at radius 3 is 1.89 bits per heavy atom. The maximum Gasteiger partial charge on any atom is 0.430 e. The Morgan fingerprint density at radius 2 is 1.37 bits per heavy atom. The molecule has 3 aromatic rings. The van der Waals surface area contributed by atoms with Gasteiger partial charge in [-0.05, 0) is 59.9 Å². The van der Waals surface area contributed by atoms with Crippen LogP contribution in [0.5, 0.6) is 0 Å². The number of hydrogen-bond acceptors (Lipinski definition) is 2. The molecule has 0 aliphatic carbocycles. The molecule has 1 N–H and O–H groups in total. The summed E-state index contributed by atoms with van der Waals surface area (Å²) in [6.45, 7) is 3.37. The van der Waals surface area contributed by atoms with Crippen molar-refractivity contribution in [3.05, 3.63) is 94.8 Å². The molecule has 0 aliphatic heterocycles. The maximum atomic E-state index is 13.6. The summed E-state index contributed by atoms with van der Waals surface area (Å²) in [6, 6.07) is 13.7. The van der Waals surface area contributed by atoms with Crippen LogP contribution in [0.2, 0.25) is 0 Å². The summed E-state index contributed by atoms with van der Waals surface area (Å²) in [5.74, 6) is -1.73. The van der Waals surface area contributed by atoms with Crippen molar-refractivity contribution in [1.82, 2.24) is 0 Å². The minimum atomic E-state index is -6.10. The molecule has 0 fully saturated rings. The highest BCUT2D eigenvalue weighted by Crippen LogP contribution is 2.50. The number of carbonyl (C=O) groups excluding carboxylic acids is 1. The fourth-order valence-electron chi connectivity index (χ4n) is 3.70. The van der Waals surface area contributed by atoms with Gasteiger partial charge < -0.3 is 5.11 Å². The molecule has 0 aromatic heterocycles. The Balaban J connectivity index is 2.13. The van der Waals surface area contributed by atoms with Crippen LogP contribution in [0.15, 0.2) is 66.7 Å². The molecule has 3 rings (SSSR count). The van der Waals surface area contributed by atoms with Crippen molar-refractivity contribution >= 4 is 5.78 Å². The molecule has 2 nitrogen and oxygen atoms in total. The zero-order chi connectivity index (χ0) is 26.2. The predicted molar refractivity (Wildman–Crippen MR) is 116 cm³/mol. The number of benzene rings is 3. The number of Topliss-reactive ketones (excluding diaryl/α,β-unsaturated/α-hetero) is 1. The summed E-state index contributed by atoms with van der Waals surface area (Å²) in [4.78, 5) is 13.0. The average molecular weight is 498 g/mol. The lowest BCUT2D eigenvalue weighted by Crippen LogP contribution is -2.54. The minimum absolute atomic E-state index is 0.0905. The predicted octanol–water partition coefficient (Wildman–Crippen LogP) is 7.49. The molecule has 0 heterocycles. The Kier molecular flexibility index (Phi) is 7.13. The number of rotatable bonds is 6. The lowest BCUT2D eigenvalue weighted by molar-refractivity contribution is -0.376. The van der Waals surface area contributed by atoms with Gasteiger partial charge in [0.2, 0.25) is 0 Å². The Labute approximate surface area is 197 Å². The van der Waals surface area contributed by atoms with E-state index in [4.69, 9.17) is 0 Å². The SMILES string of the molecule is Cc1ccc(-c2cc(C(=O)C[C@H](C)c3ccc(F)cc3)cc(C(O)(C(F)(F)F)C(F)(F)F)c2)cc1. The van der Waals surface area contributed by atoms with Crippen molar-refractivity contribution < 1.29 is 40.6 Å². The van der Waals surface area contributed by atoms with Crippen molar-refractivity contribution in [3.63, 3.8) is 0 Å². The Morgan fingerprint density at radius 1 is 0.829 bits per heavy atom. The first-order valence-electron chi connectivity index (χ1n) is 10.5. The topological polar surface area (TPSA) is 37.3 Å². The van der Waals surface area contributed by atoms with Crippen molar-refractivity contribution in [1.29, 1.82) is 0 Å². The summed E-state index contributed by atoms with van der Waals surface area (Å²) >= 11 is 0. The second-order valence-electron chi connectivity index (χ2n) is 8.45. The quantitative estimate of drug-likeness (QED) is 0.282. The Hall–Kier alpha value is -3.20. The number of halogens is 7. The standard InChI is InChI=1S/C26H21F7O2/c1-15-3-5-18(6-4-15)19-12-20(23(34)11-16(2)17-7-9-22(27)10-8-17)14-21(13-19)24(35,25(28,29)30)26(31,32)33/h3-10,12-14,16,35H,11H2,1-2H3/t16-/m0/s1. The van der Waals surface area contributed by atoms with E-state index in [1.807, 2.05) is 0 Å². The van der Waals surface area contributed by atoms with Crippen LogP contribution >= 0.6 is 0 Å². The zero-order valence-corrected chi connectivity index (χ0v) is 18.6. The first-order valence-corrected chi connectivity index (χ1v) is 10.5. The van der Waals surface area contributed by atoms with E-state index in [1.54, 1.807) is 26.0 Å². The van der Waals surface area contributed by atoms with Gasteiger partial charge in [-0.1, -0.05) is 48.9 Å². The van der Waals surface area contributed by atoms with Crippen LogP contribution in [0.4, 0.5) is 30.7 Å². The molecule has 35 heavy (non-hydrogen) atoms. The molecule has 3 aromatic carbocycles. The van der Waals surface area contributed by atoms with Crippen molar-refractivity contribution in [2.45, 2.75) is 44.1 Å². The summed E-state index contributed by atoms with van der Waals surface area (Å²) in [7, 11) is 0. The number of alkyl halides is 6. The molecule has 0 spiro atoms. The number of aliphatic hydroxyl groups is 1. The third kappa shape index (κ3) is 5.40. The normalized spacial score (nSPS) is 13.5. The number of hydrogen-bond donors (Lipinski definition) is 1. The van der Waals surface area contributed by atoms with Crippen LogP contribution in [0.3, 0.4) is 0 Å². The van der Waals surface area contributed by atoms with Crippen LogP contribution in [-0.4, -0.2) is 23.2 Å². The molecule has 0 saturated heterocycles. The molecule has 9 heteroatoms. The van der Waals surface area contributed by atoms with Gasteiger partial charge in [0.25, 0.3) is 5.60 Å². The highest BCUT2D eigenvalue weighted by Gasteiger charge is 2.71. The second kappa shape index (κ2) is 9.45. The van der Waals surface area contributed by atoms with E-state index >= 15 is 0 Å². The summed E-state index contributed by atoms with van der Waals surface area (Å²) in [6.07, 6.45) is -12.5. The first kappa shape index (κ1) is 26.4. The van der Waals surface area contributed by atoms with Crippen LogP contribution in [0.25, 0.3) is 11.1 Å². The van der Waals surface area contributed by atoms with Crippen molar-refractivity contribution in [3.8, 4) is 11.1 Å². The lowest BCUT2D eigenvalue weighted by atomic mass is 9.85. The highest BCUT2D eigenvalue weighted by atomic mass is 19.4. The number of ketones is 1. The van der Waals surface area contributed by atoms with E-state index in [0.29, 0.717) is 17.7 Å². The average Bonchev–Trinajstić information content (AvgIpc) is 2.77. The first-order chi connectivity index (χ1) is 16.1. The molecule has 1 atom stereocenters. The van der Waals surface area contributed by atoms with Crippen molar-refractivity contribution in [2.24, 2.45) is 0 Å². The summed E-state index contributed by atoms with van der Waals surface area (Å²) in [5, 5.41) is 9.97. The van der Waals surface area contributed by atoms with Crippen LogP contribution in [0.1, 0.15) is 46.3 Å². The molecule has 0 amide bonds. The molecule has 0 saturated carbocycles.